The number of nitrogens with two attached hydrogens (primary N) is 1. The maximum Gasteiger partial charge on any atom is 0.325 e. The summed E-state index contributed by atoms with van der Waals surface area (Å²) >= 11 is 0. The highest BCUT2D eigenvalue weighted by Crippen LogP contribution is 2.34. The number of benzene rings is 1. The lowest BCUT2D eigenvalue weighted by Gasteiger charge is -2.36. The number of carbonyl (C=O) groups excluding carboxylic acids is 6. The molecular formula is C29H41N5O7. The van der Waals surface area contributed by atoms with Gasteiger partial charge in [0.25, 0.3) is 5.91 Å². The molecule has 5 amide bonds. The van der Waals surface area contributed by atoms with Crippen molar-refractivity contribution >= 4 is 35.5 Å². The average molecular weight is 572 g/mol. The topological polar surface area (TPSA) is 177 Å². The largest absolute Gasteiger partial charge is 0.460 e. The van der Waals surface area contributed by atoms with E-state index in [2.05, 4.69) is 16.0 Å². The number of hydrogen-bond acceptors (Lipinski definition) is 7. The Morgan fingerprint density at radius 2 is 1.68 bits per heavy atom. The van der Waals surface area contributed by atoms with Crippen molar-refractivity contribution in [3.05, 3.63) is 35.9 Å². The van der Waals surface area contributed by atoms with Crippen LogP contribution in [0.4, 0.5) is 4.79 Å². The van der Waals surface area contributed by atoms with Gasteiger partial charge in [0.05, 0.1) is 6.04 Å². The SMILES string of the molecule is CC1CCN(C(=O)C(NC(=O)NCC(=O)OCc2ccccc2)C(C)(C)C)C1C(=O)NC(CC1CC1)C(=O)C(N)=O. The highest BCUT2D eigenvalue weighted by atomic mass is 16.5. The number of nitrogens with one attached hydrogen (secondary N) is 3. The van der Waals surface area contributed by atoms with Crippen LogP contribution in [0.5, 0.6) is 0 Å². The molecule has 1 aromatic carbocycles. The molecular weight excluding hydrogens is 530 g/mol. The molecule has 224 valence electrons. The van der Waals surface area contributed by atoms with Crippen LogP contribution < -0.4 is 21.7 Å². The van der Waals surface area contributed by atoms with Gasteiger partial charge in [0.1, 0.15) is 25.2 Å². The minimum atomic E-state index is -1.12. The molecule has 1 heterocycles. The van der Waals surface area contributed by atoms with Gasteiger partial charge in [-0.15, -0.1) is 0 Å². The molecule has 3 rings (SSSR count). The molecule has 0 bridgehead atoms. The maximum atomic E-state index is 13.8. The van der Waals surface area contributed by atoms with Crippen molar-refractivity contribution in [2.75, 3.05) is 13.1 Å². The molecule has 1 saturated carbocycles. The van der Waals surface area contributed by atoms with E-state index in [1.54, 1.807) is 20.8 Å². The Morgan fingerprint density at radius 1 is 1.02 bits per heavy atom. The Balaban J connectivity index is 1.63. The number of likely N-dealkylation sites (tertiary alicyclic amines) is 1. The molecule has 1 aliphatic carbocycles. The van der Waals surface area contributed by atoms with Crippen LogP contribution >= 0.6 is 0 Å². The molecule has 0 spiro atoms. The first-order valence-electron chi connectivity index (χ1n) is 14.0. The van der Waals surface area contributed by atoms with Crippen LogP contribution in [0, 0.1) is 17.3 Å². The number of amides is 5. The number of hydrogen-bond donors (Lipinski definition) is 4. The second-order valence-electron chi connectivity index (χ2n) is 12.0. The lowest BCUT2D eigenvalue weighted by molar-refractivity contribution is -0.144. The zero-order valence-corrected chi connectivity index (χ0v) is 24.1. The van der Waals surface area contributed by atoms with Crippen LogP contribution in [-0.2, 0) is 35.3 Å². The second kappa shape index (κ2) is 13.6. The first-order valence-corrected chi connectivity index (χ1v) is 14.0. The van der Waals surface area contributed by atoms with E-state index >= 15 is 0 Å². The fraction of sp³-hybridized carbons (Fsp3) is 0.586. The molecule has 41 heavy (non-hydrogen) atoms. The van der Waals surface area contributed by atoms with Crippen molar-refractivity contribution in [2.45, 2.75) is 78.1 Å². The van der Waals surface area contributed by atoms with Crippen molar-refractivity contribution in [1.29, 1.82) is 0 Å². The smallest absolute Gasteiger partial charge is 0.325 e. The Hall–Kier alpha value is -3.96. The predicted molar refractivity (Wildman–Crippen MR) is 149 cm³/mol. The van der Waals surface area contributed by atoms with Crippen LogP contribution in [0.25, 0.3) is 0 Å². The third-order valence-corrected chi connectivity index (χ3v) is 7.42. The number of ketones is 1. The number of ether oxygens (including phenoxy) is 1. The van der Waals surface area contributed by atoms with Gasteiger partial charge >= 0.3 is 12.0 Å². The molecule has 2 aliphatic rings. The Labute approximate surface area is 240 Å². The highest BCUT2D eigenvalue weighted by molar-refractivity contribution is 6.37. The van der Waals surface area contributed by atoms with Crippen LogP contribution in [0.2, 0.25) is 0 Å². The van der Waals surface area contributed by atoms with Gasteiger partial charge in [-0.05, 0) is 35.7 Å². The van der Waals surface area contributed by atoms with Gasteiger partial charge in [-0.1, -0.05) is 70.9 Å². The van der Waals surface area contributed by atoms with Crippen LogP contribution in [0.15, 0.2) is 30.3 Å². The summed E-state index contributed by atoms with van der Waals surface area (Å²) in [6.07, 6.45) is 2.68. The quantitative estimate of drug-likeness (QED) is 0.214. The molecule has 4 atom stereocenters. The summed E-state index contributed by atoms with van der Waals surface area (Å²) < 4.78 is 5.17. The minimum absolute atomic E-state index is 0.0647. The lowest BCUT2D eigenvalue weighted by atomic mass is 9.85. The van der Waals surface area contributed by atoms with E-state index in [-0.39, 0.29) is 25.0 Å². The standard InChI is InChI=1S/C29H41N5O7/c1-17-12-13-34(22(17)26(38)32-20(14-18-10-11-18)23(36)25(30)37)27(39)24(29(2,3)4)33-28(40)31-15-21(35)41-16-19-8-6-5-7-9-19/h5-9,17-18,20,22,24H,10-16H2,1-4H3,(H2,30,37)(H,32,38)(H2,31,33,40). The van der Waals surface area contributed by atoms with Gasteiger partial charge in [0.2, 0.25) is 17.6 Å². The normalized spacial score (nSPS) is 20.0. The number of urea groups is 1. The zero-order valence-electron chi connectivity index (χ0n) is 24.1. The summed E-state index contributed by atoms with van der Waals surface area (Å²) in [6.45, 7) is 7.09. The molecule has 12 nitrogen and oxygen atoms in total. The number of nitrogens with zero attached hydrogens (tertiary/aromatic N) is 1. The van der Waals surface area contributed by atoms with Crippen molar-refractivity contribution in [1.82, 2.24) is 20.9 Å². The average Bonchev–Trinajstić information content (AvgIpc) is 3.65. The summed E-state index contributed by atoms with van der Waals surface area (Å²) in [4.78, 5) is 77.3. The molecule has 12 heteroatoms. The third kappa shape index (κ3) is 9.02. The summed E-state index contributed by atoms with van der Waals surface area (Å²) in [5, 5.41) is 7.74. The monoisotopic (exact) mass is 571 g/mol. The fourth-order valence-corrected chi connectivity index (χ4v) is 4.88. The molecule has 1 saturated heterocycles. The van der Waals surface area contributed by atoms with Gasteiger partial charge < -0.3 is 31.3 Å². The van der Waals surface area contributed by atoms with E-state index in [1.807, 2.05) is 37.3 Å². The summed E-state index contributed by atoms with van der Waals surface area (Å²) in [5.41, 5.74) is 5.27. The lowest BCUT2D eigenvalue weighted by Crippen LogP contribution is -2.60. The van der Waals surface area contributed by atoms with E-state index in [0.717, 1.165) is 18.4 Å². The van der Waals surface area contributed by atoms with Crippen LogP contribution in [0.3, 0.4) is 0 Å². The van der Waals surface area contributed by atoms with Gasteiger partial charge in [-0.3, -0.25) is 24.0 Å². The van der Waals surface area contributed by atoms with Crippen molar-refractivity contribution in [3.8, 4) is 0 Å². The van der Waals surface area contributed by atoms with Gasteiger partial charge in [-0.2, -0.15) is 0 Å². The van der Waals surface area contributed by atoms with Gasteiger partial charge in [0, 0.05) is 6.54 Å². The minimum Gasteiger partial charge on any atom is -0.460 e. The number of rotatable bonds is 12. The first-order chi connectivity index (χ1) is 19.3. The Kier molecular flexibility index (Phi) is 10.5. The number of primary amides is 1. The molecule has 0 radical (unpaired) electrons. The summed E-state index contributed by atoms with van der Waals surface area (Å²) in [6, 6.07) is 5.40. The zero-order chi connectivity index (χ0) is 30.3. The molecule has 0 aromatic heterocycles. The van der Waals surface area contributed by atoms with Crippen LogP contribution in [-0.4, -0.2) is 71.6 Å². The molecule has 1 aliphatic heterocycles. The van der Waals surface area contributed by atoms with E-state index in [0.29, 0.717) is 12.8 Å². The van der Waals surface area contributed by atoms with Crippen molar-refractivity contribution in [2.24, 2.45) is 23.0 Å². The Bertz CT molecular complexity index is 1150. The van der Waals surface area contributed by atoms with E-state index < -0.39 is 65.6 Å². The van der Waals surface area contributed by atoms with Gasteiger partial charge in [0.15, 0.2) is 0 Å². The van der Waals surface area contributed by atoms with E-state index in [4.69, 9.17) is 10.5 Å². The fourth-order valence-electron chi connectivity index (χ4n) is 4.88. The second-order valence-corrected chi connectivity index (χ2v) is 12.0. The van der Waals surface area contributed by atoms with E-state index in [9.17, 15) is 28.8 Å². The molecule has 5 N–H and O–H groups in total. The van der Waals surface area contributed by atoms with Crippen molar-refractivity contribution < 1.29 is 33.5 Å². The van der Waals surface area contributed by atoms with Crippen molar-refractivity contribution in [3.63, 3.8) is 0 Å². The number of esters is 1. The number of Topliss-reactive ketones (excluding diaryl/α,β-unsaturated/α-hetero) is 1. The van der Waals surface area contributed by atoms with E-state index in [1.165, 1.54) is 4.90 Å². The molecule has 1 aromatic rings. The maximum absolute atomic E-state index is 13.8. The molecule has 4 unspecified atom stereocenters. The first kappa shape index (κ1) is 31.6. The Morgan fingerprint density at radius 3 is 2.27 bits per heavy atom. The molecule has 2 fully saturated rings. The summed E-state index contributed by atoms with van der Waals surface area (Å²) in [7, 11) is 0. The van der Waals surface area contributed by atoms with Crippen LogP contribution in [0.1, 0.15) is 58.9 Å². The predicted octanol–water partition coefficient (Wildman–Crippen LogP) is 1.02. The third-order valence-electron chi connectivity index (χ3n) is 7.42. The van der Waals surface area contributed by atoms with Gasteiger partial charge in [-0.25, -0.2) is 4.79 Å². The summed E-state index contributed by atoms with van der Waals surface area (Å²) in [5.74, 6) is -3.61. The highest BCUT2D eigenvalue weighted by Gasteiger charge is 2.46. The number of carbonyl (C=O) groups is 6.